The number of carbonyl (C=O) groups is 1. The third kappa shape index (κ3) is 7.53. The van der Waals surface area contributed by atoms with Crippen molar-refractivity contribution in [2.75, 3.05) is 19.4 Å². The number of rotatable bonds is 15. The lowest BCUT2D eigenvalue weighted by atomic mass is 10.2. The van der Waals surface area contributed by atoms with Crippen LogP contribution >= 0.6 is 19.3 Å². The molecule has 44 heavy (non-hydrogen) atoms. The molecule has 0 bridgehead atoms. The molecule has 238 valence electrons. The molecule has 0 amide bonds. The summed E-state index contributed by atoms with van der Waals surface area (Å²) in [6.07, 6.45) is 0.402. The van der Waals surface area contributed by atoms with Gasteiger partial charge in [0.2, 0.25) is 0 Å². The Balaban J connectivity index is 1.71. The van der Waals surface area contributed by atoms with Crippen LogP contribution in [0.5, 0.6) is 5.75 Å². The van der Waals surface area contributed by atoms with E-state index in [-0.39, 0.29) is 25.0 Å². The van der Waals surface area contributed by atoms with Crippen LogP contribution in [-0.2, 0) is 36.5 Å². The van der Waals surface area contributed by atoms with E-state index in [0.29, 0.717) is 41.6 Å². The summed E-state index contributed by atoms with van der Waals surface area (Å²) in [6.45, 7) is 10.1. The fourth-order valence-electron chi connectivity index (χ4n) is 4.79. The number of benzene rings is 2. The van der Waals surface area contributed by atoms with E-state index in [1.807, 2.05) is 49.6 Å². The number of imidazole rings is 1. The molecule has 2 heterocycles. The minimum atomic E-state index is -4.16. The van der Waals surface area contributed by atoms with Gasteiger partial charge in [-0.15, -0.1) is 0 Å². The zero-order valence-corrected chi connectivity index (χ0v) is 27.7. The molecule has 0 aliphatic carbocycles. The molecule has 0 saturated heterocycles. The topological polar surface area (TPSA) is 131 Å². The fraction of sp³-hybridized carbons (Fsp3) is 0.452. The second kappa shape index (κ2) is 14.7. The highest BCUT2D eigenvalue weighted by molar-refractivity contribution is 7.51. The Morgan fingerprint density at radius 2 is 1.75 bits per heavy atom. The smallest absolute Gasteiger partial charge is 0.461 e. The number of halogens is 1. The van der Waals surface area contributed by atoms with Crippen LogP contribution < -0.4 is 10.3 Å². The van der Waals surface area contributed by atoms with Crippen LogP contribution in [0.3, 0.4) is 0 Å². The molecule has 0 aliphatic heterocycles. The van der Waals surface area contributed by atoms with Crippen molar-refractivity contribution in [2.24, 2.45) is 0 Å². The number of aromatic nitrogens is 3. The summed E-state index contributed by atoms with van der Waals surface area (Å²) in [6, 6.07) is 13.1. The van der Waals surface area contributed by atoms with Crippen LogP contribution in [0.15, 0.2) is 48.5 Å². The zero-order valence-electron chi connectivity index (χ0n) is 26.0. The molecule has 2 aromatic heterocycles. The predicted molar refractivity (Wildman–Crippen MR) is 173 cm³/mol. The van der Waals surface area contributed by atoms with E-state index >= 15 is 0 Å². The molecule has 0 aliphatic rings. The summed E-state index contributed by atoms with van der Waals surface area (Å²) in [4.78, 5) is 22.4. The fourth-order valence-corrected chi connectivity index (χ4v) is 6.67. The predicted octanol–water partition coefficient (Wildman–Crippen LogP) is 7.00. The number of nitrogen functional groups attached to an aromatic ring is 1. The second-order valence-corrected chi connectivity index (χ2v) is 12.9. The van der Waals surface area contributed by atoms with Gasteiger partial charge in [-0.1, -0.05) is 43.6 Å². The van der Waals surface area contributed by atoms with Gasteiger partial charge in [0.25, 0.3) is 0 Å². The number of pyridine rings is 1. The maximum Gasteiger partial charge on any atom is 0.462 e. The van der Waals surface area contributed by atoms with Crippen LogP contribution in [0.4, 0.5) is 5.82 Å². The lowest BCUT2D eigenvalue weighted by Crippen LogP contribution is -2.39. The number of hydrogen-bond donors (Lipinski definition) is 1. The number of anilines is 1. The number of carbonyl (C=O) groups excluding carboxylic acids is 1. The monoisotopic (exact) mass is 645 g/mol. The van der Waals surface area contributed by atoms with Gasteiger partial charge < -0.3 is 24.3 Å². The summed E-state index contributed by atoms with van der Waals surface area (Å²) in [5.74, 6) is 0.662. The van der Waals surface area contributed by atoms with Crippen molar-refractivity contribution in [3.8, 4) is 5.75 Å². The first-order chi connectivity index (χ1) is 21.0. The molecule has 3 atom stereocenters. The molecular weight excluding hydrogens is 605 g/mol. The molecule has 2 N–H and O–H groups in total. The summed E-state index contributed by atoms with van der Waals surface area (Å²) in [7, 11) is -2.64. The average Bonchev–Trinajstić information content (AvgIpc) is 3.37. The van der Waals surface area contributed by atoms with Crippen molar-refractivity contribution in [2.45, 2.75) is 78.9 Å². The Morgan fingerprint density at radius 3 is 2.41 bits per heavy atom. The summed E-state index contributed by atoms with van der Waals surface area (Å²) < 4.78 is 41.6. The number of nitrogens with two attached hydrogens (primary N) is 1. The summed E-state index contributed by atoms with van der Waals surface area (Å²) >= 11 is 6.07. The molecular formula is C31H41ClN5O6P. The highest BCUT2D eigenvalue weighted by Crippen LogP contribution is 2.53. The van der Waals surface area contributed by atoms with Crippen molar-refractivity contribution in [1.29, 1.82) is 0 Å². The molecule has 2 aromatic carbocycles. The van der Waals surface area contributed by atoms with Crippen LogP contribution in [0.2, 0.25) is 5.02 Å². The third-order valence-electron chi connectivity index (χ3n) is 7.39. The first kappa shape index (κ1) is 33.7. The van der Waals surface area contributed by atoms with Gasteiger partial charge in [-0.3, -0.25) is 9.32 Å². The maximum absolute atomic E-state index is 14.6. The number of para-hydroxylation sites is 1. The molecule has 4 rings (SSSR count). The lowest BCUT2D eigenvalue weighted by molar-refractivity contribution is -0.153. The van der Waals surface area contributed by atoms with E-state index in [1.54, 1.807) is 38.1 Å². The van der Waals surface area contributed by atoms with E-state index < -0.39 is 25.9 Å². The van der Waals surface area contributed by atoms with E-state index in [9.17, 15) is 9.36 Å². The number of esters is 1. The Bertz CT molecular complexity index is 1630. The number of ether oxygens (including phenoxy) is 2. The first-order valence-electron chi connectivity index (χ1n) is 14.8. The SMILES string of the molecule is CCOCc1nc2c(N)nc3ccccc3c2n1C[C@@H](C)OP(=O)(Oc1ccc(Cl)cc1)N(C)[C@@H](C)C(=O)OC(CC)CC. The van der Waals surface area contributed by atoms with Crippen molar-refractivity contribution in [3.63, 3.8) is 0 Å². The number of likely N-dealkylation sites (N-methyl/N-ethyl adjacent to an activating group) is 1. The van der Waals surface area contributed by atoms with Crippen LogP contribution in [0.1, 0.15) is 53.3 Å². The minimum absolute atomic E-state index is 0.223. The van der Waals surface area contributed by atoms with Gasteiger partial charge in [-0.05, 0) is 71.0 Å². The van der Waals surface area contributed by atoms with Crippen molar-refractivity contribution < 1.29 is 27.9 Å². The number of hydrogen-bond acceptors (Lipinski definition) is 9. The lowest BCUT2D eigenvalue weighted by Gasteiger charge is -2.33. The highest BCUT2D eigenvalue weighted by atomic mass is 35.5. The van der Waals surface area contributed by atoms with Gasteiger partial charge in [0.15, 0.2) is 5.82 Å². The Kier molecular flexibility index (Phi) is 11.3. The molecule has 0 radical (unpaired) electrons. The van der Waals surface area contributed by atoms with Gasteiger partial charge >= 0.3 is 13.7 Å². The third-order valence-corrected chi connectivity index (χ3v) is 9.83. The standard InChI is InChI=1S/C31H41ClN5O6P/c1-7-23(8-2)41-31(38)21(5)36(6)44(39,43-24-16-14-22(32)15-17-24)42-20(4)18-37-27(19-40-9-3)35-28-29(37)25-12-10-11-13-26(25)34-30(28)33/h10-17,20-21,23H,7-9,18-19H2,1-6H3,(H2,33,34)/t20-,21+,44?/m1/s1. The largest absolute Gasteiger partial charge is 0.462 e. The molecule has 11 nitrogen and oxygen atoms in total. The van der Waals surface area contributed by atoms with Crippen molar-refractivity contribution in [1.82, 2.24) is 19.2 Å². The Hall–Kier alpha value is -3.21. The minimum Gasteiger partial charge on any atom is -0.461 e. The number of fused-ring (bicyclic) bond motifs is 3. The first-order valence-corrected chi connectivity index (χ1v) is 16.7. The summed E-state index contributed by atoms with van der Waals surface area (Å²) in [5.41, 5.74) is 8.36. The van der Waals surface area contributed by atoms with Crippen LogP contribution in [0.25, 0.3) is 21.9 Å². The maximum atomic E-state index is 14.6. The van der Waals surface area contributed by atoms with E-state index in [2.05, 4.69) is 4.98 Å². The van der Waals surface area contributed by atoms with Gasteiger partial charge in [0, 0.05) is 17.0 Å². The van der Waals surface area contributed by atoms with Gasteiger partial charge in [0.05, 0.1) is 23.7 Å². The Morgan fingerprint density at radius 1 is 1.07 bits per heavy atom. The van der Waals surface area contributed by atoms with Crippen molar-refractivity contribution in [3.05, 3.63) is 59.4 Å². The molecule has 0 saturated carbocycles. The van der Waals surface area contributed by atoms with Gasteiger partial charge in [-0.25, -0.2) is 14.5 Å². The van der Waals surface area contributed by atoms with Gasteiger partial charge in [0.1, 0.15) is 35.8 Å². The van der Waals surface area contributed by atoms with E-state index in [1.165, 1.54) is 11.7 Å². The second-order valence-electron chi connectivity index (χ2n) is 10.5. The number of nitrogens with zero attached hydrogens (tertiary/aromatic N) is 4. The zero-order chi connectivity index (χ0) is 32.0. The van der Waals surface area contributed by atoms with E-state index in [4.69, 9.17) is 40.8 Å². The summed E-state index contributed by atoms with van der Waals surface area (Å²) in [5, 5.41) is 1.35. The van der Waals surface area contributed by atoms with Crippen molar-refractivity contribution >= 4 is 53.1 Å². The van der Waals surface area contributed by atoms with Crippen LogP contribution in [-0.4, -0.2) is 57.1 Å². The van der Waals surface area contributed by atoms with Gasteiger partial charge in [-0.2, -0.15) is 4.67 Å². The van der Waals surface area contributed by atoms with E-state index in [0.717, 1.165) is 16.4 Å². The Labute approximate surface area is 263 Å². The highest BCUT2D eigenvalue weighted by Gasteiger charge is 2.41. The quantitative estimate of drug-likeness (QED) is 0.106. The molecule has 13 heteroatoms. The molecule has 0 spiro atoms. The van der Waals surface area contributed by atoms with Crippen LogP contribution in [0, 0.1) is 0 Å². The normalized spacial score (nSPS) is 14.7. The molecule has 4 aromatic rings. The average molecular weight is 646 g/mol. The molecule has 1 unspecified atom stereocenters. The molecule has 0 fully saturated rings.